The average molecular weight is 431 g/mol. The van der Waals surface area contributed by atoms with Crippen LogP contribution in [0.25, 0.3) is 16.9 Å². The molecule has 0 aliphatic heterocycles. The highest BCUT2D eigenvalue weighted by Crippen LogP contribution is 2.34. The smallest absolute Gasteiger partial charge is 0.241 e. The van der Waals surface area contributed by atoms with Crippen LogP contribution in [0.15, 0.2) is 36.7 Å². The molecule has 2 N–H and O–H groups in total. The van der Waals surface area contributed by atoms with Crippen LogP contribution in [0.4, 0.5) is 5.69 Å². The van der Waals surface area contributed by atoms with Gasteiger partial charge in [-0.05, 0) is 43.8 Å². The summed E-state index contributed by atoms with van der Waals surface area (Å²) < 4.78 is 7.09. The summed E-state index contributed by atoms with van der Waals surface area (Å²) in [7, 11) is 5.32. The van der Waals surface area contributed by atoms with Gasteiger partial charge in [-0.3, -0.25) is 9.69 Å². The molecule has 2 heterocycles. The molecular weight excluding hydrogens is 404 g/mol. The van der Waals surface area contributed by atoms with Gasteiger partial charge in [-0.1, -0.05) is 25.4 Å². The molecule has 0 spiro atoms. The number of aliphatic hydroxyl groups excluding tert-OH is 1. The van der Waals surface area contributed by atoms with Crippen molar-refractivity contribution in [2.45, 2.75) is 26.5 Å². The molecule has 3 aromatic rings. The lowest BCUT2D eigenvalue weighted by Crippen LogP contribution is -2.43. The summed E-state index contributed by atoms with van der Waals surface area (Å²) in [5, 5.41) is 13.2. The van der Waals surface area contributed by atoms with Crippen molar-refractivity contribution >= 4 is 28.8 Å². The van der Waals surface area contributed by atoms with Crippen molar-refractivity contribution in [3.8, 4) is 17.0 Å². The number of fused-ring (bicyclic) bond motifs is 1. The van der Waals surface area contributed by atoms with Crippen molar-refractivity contribution in [1.29, 1.82) is 0 Å². The Bertz CT molecular complexity index is 1050. The number of likely N-dealkylation sites (N-methyl/N-ethyl adjacent to an activating group) is 1. The third kappa shape index (κ3) is 4.43. The van der Waals surface area contributed by atoms with Crippen molar-refractivity contribution in [1.82, 2.24) is 14.3 Å². The number of anilines is 1. The summed E-state index contributed by atoms with van der Waals surface area (Å²) in [4.78, 5) is 19.3. The number of rotatable bonds is 7. The quantitative estimate of drug-likeness (QED) is 0.597. The Morgan fingerprint density at radius 3 is 2.67 bits per heavy atom. The van der Waals surface area contributed by atoms with Gasteiger partial charge in [0, 0.05) is 29.7 Å². The Balaban J connectivity index is 1.94. The number of carbonyl (C=O) groups excluding carboxylic acids is 1. The second-order valence-electron chi connectivity index (χ2n) is 7.75. The van der Waals surface area contributed by atoms with Gasteiger partial charge in [-0.2, -0.15) is 0 Å². The van der Waals surface area contributed by atoms with Crippen molar-refractivity contribution in [2.24, 2.45) is 5.92 Å². The first kappa shape index (κ1) is 22.1. The van der Waals surface area contributed by atoms with Gasteiger partial charge in [0.05, 0.1) is 30.5 Å². The fourth-order valence-electron chi connectivity index (χ4n) is 3.66. The predicted molar refractivity (Wildman–Crippen MR) is 119 cm³/mol. The van der Waals surface area contributed by atoms with Crippen LogP contribution in [0.2, 0.25) is 5.02 Å². The molecule has 3 rings (SSSR count). The van der Waals surface area contributed by atoms with E-state index < -0.39 is 0 Å². The summed E-state index contributed by atoms with van der Waals surface area (Å²) in [6.45, 7) is 3.87. The second-order valence-corrected chi connectivity index (χ2v) is 8.16. The molecule has 0 saturated heterocycles. The molecule has 0 radical (unpaired) electrons. The van der Waals surface area contributed by atoms with E-state index in [2.05, 4.69) is 10.3 Å². The lowest BCUT2D eigenvalue weighted by Gasteiger charge is -2.26. The van der Waals surface area contributed by atoms with E-state index in [9.17, 15) is 9.90 Å². The summed E-state index contributed by atoms with van der Waals surface area (Å²) in [6.07, 6.45) is 3.69. The minimum atomic E-state index is -0.231. The number of aromatic nitrogens is 2. The second kappa shape index (κ2) is 9.04. The van der Waals surface area contributed by atoms with E-state index in [0.29, 0.717) is 33.4 Å². The molecule has 0 aliphatic rings. The number of nitrogens with zero attached hydrogens (tertiary/aromatic N) is 3. The minimum Gasteiger partial charge on any atom is -0.495 e. The number of hydrogen-bond donors (Lipinski definition) is 2. The van der Waals surface area contributed by atoms with Crippen LogP contribution in [-0.2, 0) is 11.4 Å². The maximum absolute atomic E-state index is 12.7. The van der Waals surface area contributed by atoms with Crippen LogP contribution >= 0.6 is 11.6 Å². The number of halogens is 1. The number of methoxy groups -OCH3 is 1. The number of hydrogen-bond acceptors (Lipinski definition) is 5. The molecule has 1 atom stereocenters. The van der Waals surface area contributed by atoms with E-state index in [1.165, 1.54) is 7.11 Å². The number of pyridine rings is 1. The van der Waals surface area contributed by atoms with Gasteiger partial charge >= 0.3 is 0 Å². The number of benzene rings is 1. The molecule has 2 aromatic heterocycles. The Morgan fingerprint density at radius 2 is 2.07 bits per heavy atom. The minimum absolute atomic E-state index is 0.0596. The summed E-state index contributed by atoms with van der Waals surface area (Å²) in [6, 6.07) is 6.86. The van der Waals surface area contributed by atoms with E-state index in [1.54, 1.807) is 12.1 Å². The first-order valence-electron chi connectivity index (χ1n) is 9.68. The molecule has 8 heteroatoms. The summed E-state index contributed by atoms with van der Waals surface area (Å²) in [5.41, 5.74) is 3.40. The van der Waals surface area contributed by atoms with E-state index in [-0.39, 0.29) is 24.5 Å². The molecule has 0 saturated carbocycles. The summed E-state index contributed by atoms with van der Waals surface area (Å²) >= 11 is 6.28. The number of aliphatic hydroxyl groups is 1. The molecule has 0 fully saturated rings. The van der Waals surface area contributed by atoms with Crippen molar-refractivity contribution < 1.29 is 14.6 Å². The van der Waals surface area contributed by atoms with Crippen LogP contribution in [0.5, 0.6) is 5.75 Å². The standard InChI is InChI=1S/C22H27ClN4O3/c1-13(2)21(26(3)4)22(29)24-15-6-7-27-11-18(25-20(27)9-15)16-10-17(23)19(30-5)8-14(16)12-28/h6-11,13,21,28H,12H2,1-5H3,(H,24,29)/t21-/m0/s1. The molecule has 0 aliphatic carbocycles. The average Bonchev–Trinajstić information content (AvgIpc) is 3.10. The molecule has 1 aromatic carbocycles. The lowest BCUT2D eigenvalue weighted by atomic mass is 10.0. The van der Waals surface area contributed by atoms with Gasteiger partial charge in [0.2, 0.25) is 5.91 Å². The largest absolute Gasteiger partial charge is 0.495 e. The maximum atomic E-state index is 12.7. The van der Waals surface area contributed by atoms with E-state index >= 15 is 0 Å². The zero-order valence-corrected chi connectivity index (χ0v) is 18.6. The van der Waals surface area contributed by atoms with Gasteiger partial charge in [0.15, 0.2) is 0 Å². The Labute approximate surface area is 181 Å². The number of imidazole rings is 1. The topological polar surface area (TPSA) is 79.1 Å². The van der Waals surface area contributed by atoms with Crippen LogP contribution < -0.4 is 10.1 Å². The molecular formula is C22H27ClN4O3. The van der Waals surface area contributed by atoms with Crippen molar-refractivity contribution in [2.75, 3.05) is 26.5 Å². The van der Waals surface area contributed by atoms with Gasteiger partial charge in [0.25, 0.3) is 0 Å². The first-order chi connectivity index (χ1) is 14.2. The zero-order valence-electron chi connectivity index (χ0n) is 17.8. The van der Waals surface area contributed by atoms with Crippen LogP contribution in [-0.4, -0.2) is 52.5 Å². The van der Waals surface area contributed by atoms with Crippen LogP contribution in [0.3, 0.4) is 0 Å². The molecule has 7 nitrogen and oxygen atoms in total. The normalized spacial score (nSPS) is 12.6. The lowest BCUT2D eigenvalue weighted by molar-refractivity contribution is -0.121. The zero-order chi connectivity index (χ0) is 22.0. The van der Waals surface area contributed by atoms with Crippen LogP contribution in [0.1, 0.15) is 19.4 Å². The molecule has 1 amide bonds. The highest BCUT2D eigenvalue weighted by Gasteiger charge is 2.24. The monoisotopic (exact) mass is 430 g/mol. The molecule has 30 heavy (non-hydrogen) atoms. The van der Waals surface area contributed by atoms with E-state index in [4.69, 9.17) is 16.3 Å². The SMILES string of the molecule is COc1cc(CO)c(-c2cn3ccc(NC(=O)[C@H](C(C)C)N(C)C)cc3n2)cc1Cl. The van der Waals surface area contributed by atoms with Gasteiger partial charge in [-0.25, -0.2) is 4.98 Å². The maximum Gasteiger partial charge on any atom is 0.241 e. The Morgan fingerprint density at radius 1 is 1.33 bits per heavy atom. The van der Waals surface area contributed by atoms with Gasteiger partial charge in [-0.15, -0.1) is 0 Å². The number of carbonyl (C=O) groups is 1. The fraction of sp³-hybridized carbons (Fsp3) is 0.364. The number of amides is 1. The van der Waals surface area contributed by atoms with Crippen LogP contribution in [0, 0.1) is 5.92 Å². The molecule has 0 unspecified atom stereocenters. The third-order valence-corrected chi connectivity index (χ3v) is 5.30. The van der Waals surface area contributed by atoms with Crippen molar-refractivity contribution in [3.63, 3.8) is 0 Å². The number of nitrogens with one attached hydrogen (secondary N) is 1. The first-order valence-corrected chi connectivity index (χ1v) is 10.1. The van der Waals surface area contributed by atoms with Crippen molar-refractivity contribution in [3.05, 3.63) is 47.2 Å². The Kier molecular flexibility index (Phi) is 6.65. The highest BCUT2D eigenvalue weighted by atomic mass is 35.5. The number of ether oxygens (including phenoxy) is 1. The van der Waals surface area contributed by atoms with Gasteiger partial charge < -0.3 is 19.6 Å². The van der Waals surface area contributed by atoms with E-state index in [0.717, 1.165) is 5.56 Å². The Hall–Kier alpha value is -2.61. The molecule has 160 valence electrons. The third-order valence-electron chi connectivity index (χ3n) is 5.01. The molecule has 0 bridgehead atoms. The predicted octanol–water partition coefficient (Wildman–Crippen LogP) is 3.68. The fourth-order valence-corrected chi connectivity index (χ4v) is 3.90. The van der Waals surface area contributed by atoms with E-state index in [1.807, 2.05) is 61.8 Å². The van der Waals surface area contributed by atoms with Gasteiger partial charge in [0.1, 0.15) is 11.4 Å². The summed E-state index contributed by atoms with van der Waals surface area (Å²) in [5.74, 6) is 0.618. The highest BCUT2D eigenvalue weighted by molar-refractivity contribution is 6.32.